The number of amides is 1. The van der Waals surface area contributed by atoms with Crippen molar-refractivity contribution in [2.45, 2.75) is 31.8 Å². The maximum Gasteiger partial charge on any atom is 0.260 e. The Morgan fingerprint density at radius 1 is 0.872 bits per heavy atom. The fourth-order valence-corrected chi connectivity index (χ4v) is 6.42. The zero-order valence-electron chi connectivity index (χ0n) is 21.9. The molecule has 2 heterocycles. The quantitative estimate of drug-likeness (QED) is 0.235. The molecule has 7 nitrogen and oxygen atoms in total. The first-order chi connectivity index (χ1) is 18.7. The standard InChI is InChI=1S/C30H28N4O3S2/c1-21-16-27-28(17-22(21)2)38-30(32-27)34(20-24-10-7-15-31-18-24)29(35)25-11-13-26(14-12-25)39(36,37)33(3)19-23-8-5-4-6-9-23/h4-18H,19-20H2,1-3H3. The van der Waals surface area contributed by atoms with Crippen LogP contribution in [0.15, 0.2) is 96.2 Å². The van der Waals surface area contributed by atoms with Gasteiger partial charge in [0.1, 0.15) is 0 Å². The normalized spacial score (nSPS) is 11.7. The maximum atomic E-state index is 13.8. The second-order valence-electron chi connectivity index (χ2n) is 9.42. The number of hydrogen-bond donors (Lipinski definition) is 0. The van der Waals surface area contributed by atoms with Crippen molar-refractivity contribution >= 4 is 42.6 Å². The van der Waals surface area contributed by atoms with Crippen LogP contribution in [0, 0.1) is 13.8 Å². The van der Waals surface area contributed by atoms with Crippen molar-refractivity contribution in [2.75, 3.05) is 11.9 Å². The zero-order chi connectivity index (χ0) is 27.6. The Morgan fingerprint density at radius 2 is 1.56 bits per heavy atom. The van der Waals surface area contributed by atoms with E-state index in [2.05, 4.69) is 18.0 Å². The monoisotopic (exact) mass is 556 g/mol. The minimum atomic E-state index is -3.74. The Labute approximate surface area is 232 Å². The smallest absolute Gasteiger partial charge is 0.260 e. The highest BCUT2D eigenvalue weighted by atomic mass is 32.2. The van der Waals surface area contributed by atoms with E-state index in [1.807, 2.05) is 55.5 Å². The summed E-state index contributed by atoms with van der Waals surface area (Å²) in [5, 5.41) is 0.572. The number of benzene rings is 3. The molecule has 0 saturated carbocycles. The minimum absolute atomic E-state index is 0.127. The molecule has 0 fully saturated rings. The number of carbonyl (C=O) groups is 1. The van der Waals surface area contributed by atoms with Gasteiger partial charge in [0.05, 0.1) is 21.7 Å². The molecule has 2 aromatic heterocycles. The first-order valence-corrected chi connectivity index (χ1v) is 14.7. The molecule has 0 aliphatic heterocycles. The van der Waals surface area contributed by atoms with Gasteiger partial charge in [-0.2, -0.15) is 4.31 Å². The summed E-state index contributed by atoms with van der Waals surface area (Å²) in [4.78, 5) is 24.5. The van der Waals surface area contributed by atoms with Crippen LogP contribution in [0.25, 0.3) is 10.2 Å². The lowest BCUT2D eigenvalue weighted by Gasteiger charge is -2.21. The molecule has 0 radical (unpaired) electrons. The van der Waals surface area contributed by atoms with Gasteiger partial charge in [0.25, 0.3) is 5.91 Å². The fraction of sp³-hybridized carbons (Fsp3) is 0.167. The second-order valence-corrected chi connectivity index (χ2v) is 12.5. The van der Waals surface area contributed by atoms with E-state index in [1.54, 1.807) is 36.5 Å². The largest absolute Gasteiger partial charge is 0.279 e. The van der Waals surface area contributed by atoms with Gasteiger partial charge in [0, 0.05) is 31.5 Å². The number of fused-ring (bicyclic) bond motifs is 1. The molecule has 39 heavy (non-hydrogen) atoms. The van der Waals surface area contributed by atoms with Gasteiger partial charge in [0.15, 0.2) is 5.13 Å². The predicted molar refractivity (Wildman–Crippen MR) is 155 cm³/mol. The molecule has 3 aromatic carbocycles. The molecule has 0 saturated heterocycles. The van der Waals surface area contributed by atoms with Gasteiger partial charge in [-0.15, -0.1) is 0 Å². The van der Waals surface area contributed by atoms with Crippen molar-refractivity contribution in [3.05, 3.63) is 119 Å². The van der Waals surface area contributed by atoms with Gasteiger partial charge in [-0.05, 0) is 78.6 Å². The van der Waals surface area contributed by atoms with Gasteiger partial charge in [-0.3, -0.25) is 14.7 Å². The Kier molecular flexibility index (Phi) is 7.56. The number of sulfonamides is 1. The molecular formula is C30H28N4O3S2. The molecule has 5 rings (SSSR count). The van der Waals surface area contributed by atoms with Crippen LogP contribution in [0.1, 0.15) is 32.6 Å². The summed E-state index contributed by atoms with van der Waals surface area (Å²) < 4.78 is 28.7. The summed E-state index contributed by atoms with van der Waals surface area (Å²) >= 11 is 1.45. The van der Waals surface area contributed by atoms with E-state index in [0.717, 1.165) is 32.5 Å². The number of thiazole rings is 1. The van der Waals surface area contributed by atoms with Crippen LogP contribution in [-0.2, 0) is 23.1 Å². The fourth-order valence-electron chi connectivity index (χ4n) is 4.21. The molecule has 9 heteroatoms. The van der Waals surface area contributed by atoms with Crippen molar-refractivity contribution in [2.24, 2.45) is 0 Å². The van der Waals surface area contributed by atoms with Gasteiger partial charge >= 0.3 is 0 Å². The van der Waals surface area contributed by atoms with Crippen LogP contribution < -0.4 is 4.90 Å². The van der Waals surface area contributed by atoms with Crippen LogP contribution in [0.4, 0.5) is 5.13 Å². The van der Waals surface area contributed by atoms with E-state index in [4.69, 9.17) is 4.98 Å². The van der Waals surface area contributed by atoms with E-state index in [1.165, 1.54) is 27.8 Å². The van der Waals surface area contributed by atoms with Crippen LogP contribution >= 0.6 is 11.3 Å². The summed E-state index contributed by atoms with van der Waals surface area (Å²) in [6.07, 6.45) is 3.41. The molecule has 0 unspecified atom stereocenters. The van der Waals surface area contributed by atoms with Crippen molar-refractivity contribution in [1.29, 1.82) is 0 Å². The number of aryl methyl sites for hydroxylation is 2. The lowest BCUT2D eigenvalue weighted by Crippen LogP contribution is -2.30. The third kappa shape index (κ3) is 5.75. The third-order valence-electron chi connectivity index (χ3n) is 6.59. The van der Waals surface area contributed by atoms with Gasteiger partial charge in [-0.25, -0.2) is 13.4 Å². The summed E-state index contributed by atoms with van der Waals surface area (Å²) in [6.45, 7) is 4.63. The summed E-state index contributed by atoms with van der Waals surface area (Å²) in [5.41, 5.74) is 5.26. The number of hydrogen-bond acceptors (Lipinski definition) is 6. The molecule has 0 bridgehead atoms. The molecule has 0 N–H and O–H groups in total. The van der Waals surface area contributed by atoms with Gasteiger partial charge in [-0.1, -0.05) is 47.7 Å². The molecule has 1 amide bonds. The Bertz CT molecular complexity index is 1680. The molecule has 0 atom stereocenters. The molecule has 0 spiro atoms. The second kappa shape index (κ2) is 11.1. The average molecular weight is 557 g/mol. The minimum Gasteiger partial charge on any atom is -0.279 e. The summed E-state index contributed by atoms with van der Waals surface area (Å²) in [5.74, 6) is -0.270. The van der Waals surface area contributed by atoms with Gasteiger partial charge < -0.3 is 0 Å². The van der Waals surface area contributed by atoms with E-state index in [-0.39, 0.29) is 23.9 Å². The van der Waals surface area contributed by atoms with Crippen LogP contribution in [-0.4, -0.2) is 35.6 Å². The molecule has 0 aliphatic rings. The summed E-state index contributed by atoms with van der Waals surface area (Å²) in [7, 11) is -2.19. The lowest BCUT2D eigenvalue weighted by atomic mass is 10.1. The van der Waals surface area contributed by atoms with Gasteiger partial charge in [0.2, 0.25) is 10.0 Å². The molecule has 0 aliphatic carbocycles. The van der Waals surface area contributed by atoms with Crippen LogP contribution in [0.5, 0.6) is 0 Å². The van der Waals surface area contributed by atoms with E-state index < -0.39 is 10.0 Å². The van der Waals surface area contributed by atoms with E-state index in [0.29, 0.717) is 10.7 Å². The first-order valence-electron chi connectivity index (χ1n) is 12.4. The van der Waals surface area contributed by atoms with E-state index in [9.17, 15) is 13.2 Å². The SMILES string of the molecule is Cc1cc2nc(N(Cc3cccnc3)C(=O)c3ccc(S(=O)(=O)N(C)Cc4ccccc4)cc3)sc2cc1C. The Hall–Kier alpha value is -3.92. The lowest BCUT2D eigenvalue weighted by molar-refractivity contribution is 0.0985. The Balaban J connectivity index is 1.44. The van der Waals surface area contributed by atoms with E-state index >= 15 is 0 Å². The van der Waals surface area contributed by atoms with Crippen LogP contribution in [0.2, 0.25) is 0 Å². The number of pyridine rings is 1. The van der Waals surface area contributed by atoms with Crippen molar-refractivity contribution in [3.63, 3.8) is 0 Å². The Morgan fingerprint density at radius 3 is 2.26 bits per heavy atom. The van der Waals surface area contributed by atoms with Crippen LogP contribution in [0.3, 0.4) is 0 Å². The topological polar surface area (TPSA) is 83.5 Å². The molecule has 198 valence electrons. The predicted octanol–water partition coefficient (Wildman–Crippen LogP) is 5.98. The highest BCUT2D eigenvalue weighted by Crippen LogP contribution is 2.32. The number of aromatic nitrogens is 2. The molecule has 5 aromatic rings. The van der Waals surface area contributed by atoms with Crippen molar-refractivity contribution in [1.82, 2.24) is 14.3 Å². The number of nitrogens with zero attached hydrogens (tertiary/aromatic N) is 4. The molecular weight excluding hydrogens is 528 g/mol. The summed E-state index contributed by atoms with van der Waals surface area (Å²) in [6, 6.07) is 23.4. The maximum absolute atomic E-state index is 13.8. The number of rotatable bonds is 8. The third-order valence-corrected chi connectivity index (χ3v) is 9.45. The van der Waals surface area contributed by atoms with Crippen molar-refractivity contribution in [3.8, 4) is 0 Å². The highest BCUT2D eigenvalue weighted by Gasteiger charge is 2.25. The van der Waals surface area contributed by atoms with Crippen molar-refractivity contribution < 1.29 is 13.2 Å². The zero-order valence-corrected chi connectivity index (χ0v) is 23.5. The average Bonchev–Trinajstić information content (AvgIpc) is 3.35. The first kappa shape index (κ1) is 26.7. The number of anilines is 1. The number of carbonyl (C=O) groups excluding carboxylic acids is 1. The highest BCUT2D eigenvalue weighted by molar-refractivity contribution is 7.89.